The maximum absolute atomic E-state index is 12.0. The van der Waals surface area contributed by atoms with Crippen LogP contribution < -0.4 is 14.8 Å². The highest BCUT2D eigenvalue weighted by atomic mass is 79.9. The summed E-state index contributed by atoms with van der Waals surface area (Å²) in [6.45, 7) is 1.75. The van der Waals surface area contributed by atoms with Crippen molar-refractivity contribution in [1.29, 1.82) is 0 Å². The molecule has 1 atom stereocenters. The van der Waals surface area contributed by atoms with E-state index in [1.807, 2.05) is 0 Å². The van der Waals surface area contributed by atoms with E-state index in [2.05, 4.69) is 21.2 Å². The molecule has 2 N–H and O–H groups in total. The lowest BCUT2D eigenvalue weighted by Crippen LogP contribution is -2.34. The normalized spacial score (nSPS) is 14.0. The number of halogens is 1. The smallest absolute Gasteiger partial charge is 0.305 e. The number of hydrogen-bond donors (Lipinski definition) is 2. The van der Waals surface area contributed by atoms with Gasteiger partial charge in [0.05, 0.1) is 10.9 Å². The second-order valence-corrected chi connectivity index (χ2v) is 5.02. The first-order chi connectivity index (χ1) is 8.97. The second-order valence-electron chi connectivity index (χ2n) is 4.16. The molecule has 2 rings (SSSR count). The summed E-state index contributed by atoms with van der Waals surface area (Å²) in [7, 11) is 0. The van der Waals surface area contributed by atoms with E-state index in [0.29, 0.717) is 21.5 Å². The predicted molar refractivity (Wildman–Crippen MR) is 69.4 cm³/mol. The molecule has 1 aromatic rings. The van der Waals surface area contributed by atoms with Crippen LogP contribution in [0.15, 0.2) is 16.6 Å². The Balaban J connectivity index is 2.12. The highest BCUT2D eigenvalue weighted by Gasteiger charge is 2.21. The first kappa shape index (κ1) is 13.7. The Labute approximate surface area is 117 Å². The lowest BCUT2D eigenvalue weighted by atomic mass is 10.1. The Morgan fingerprint density at radius 3 is 2.89 bits per heavy atom. The fourth-order valence-electron chi connectivity index (χ4n) is 1.72. The molecule has 0 bridgehead atoms. The van der Waals surface area contributed by atoms with Crippen LogP contribution in [0.5, 0.6) is 11.5 Å². The van der Waals surface area contributed by atoms with Gasteiger partial charge in [-0.3, -0.25) is 9.59 Å². The highest BCUT2D eigenvalue weighted by molar-refractivity contribution is 9.10. The minimum Gasteiger partial charge on any atom is -0.481 e. The van der Waals surface area contributed by atoms with Gasteiger partial charge in [-0.2, -0.15) is 0 Å². The van der Waals surface area contributed by atoms with Crippen LogP contribution in [0.2, 0.25) is 0 Å². The van der Waals surface area contributed by atoms with E-state index < -0.39 is 12.0 Å². The topological polar surface area (TPSA) is 84.9 Å². The average Bonchev–Trinajstić information content (AvgIpc) is 2.76. The third-order valence-corrected chi connectivity index (χ3v) is 3.14. The van der Waals surface area contributed by atoms with Gasteiger partial charge in [-0.1, -0.05) is 0 Å². The van der Waals surface area contributed by atoms with Gasteiger partial charge < -0.3 is 19.9 Å². The van der Waals surface area contributed by atoms with Gasteiger partial charge in [-0.15, -0.1) is 0 Å². The molecule has 1 aliphatic heterocycles. The Morgan fingerprint density at radius 1 is 1.47 bits per heavy atom. The second kappa shape index (κ2) is 5.48. The van der Waals surface area contributed by atoms with E-state index >= 15 is 0 Å². The van der Waals surface area contributed by atoms with Crippen LogP contribution in [0.3, 0.4) is 0 Å². The molecule has 1 heterocycles. The zero-order valence-corrected chi connectivity index (χ0v) is 11.7. The molecule has 0 saturated heterocycles. The van der Waals surface area contributed by atoms with Gasteiger partial charge in [0.15, 0.2) is 11.5 Å². The van der Waals surface area contributed by atoms with Gasteiger partial charge >= 0.3 is 5.97 Å². The molecule has 1 aromatic carbocycles. The van der Waals surface area contributed by atoms with Crippen LogP contribution in [0.4, 0.5) is 0 Å². The third kappa shape index (κ3) is 3.17. The summed E-state index contributed by atoms with van der Waals surface area (Å²) >= 11 is 3.29. The number of carbonyl (C=O) groups is 2. The number of fused-ring (bicyclic) bond motifs is 1. The summed E-state index contributed by atoms with van der Waals surface area (Å²) in [6, 6.07) is 2.72. The number of carboxylic acids is 1. The van der Waals surface area contributed by atoms with E-state index in [1.54, 1.807) is 19.1 Å². The molecule has 0 fully saturated rings. The van der Waals surface area contributed by atoms with Crippen molar-refractivity contribution in [3.63, 3.8) is 0 Å². The fourth-order valence-corrected chi connectivity index (χ4v) is 2.28. The minimum absolute atomic E-state index is 0.119. The van der Waals surface area contributed by atoms with Crippen molar-refractivity contribution >= 4 is 27.8 Å². The third-order valence-electron chi connectivity index (χ3n) is 2.55. The van der Waals surface area contributed by atoms with Gasteiger partial charge in [-0.25, -0.2) is 0 Å². The summed E-state index contributed by atoms with van der Waals surface area (Å²) in [5.74, 6) is -0.257. The van der Waals surface area contributed by atoms with E-state index in [-0.39, 0.29) is 19.1 Å². The molecule has 7 heteroatoms. The van der Waals surface area contributed by atoms with Crippen LogP contribution in [0, 0.1) is 0 Å². The van der Waals surface area contributed by atoms with Gasteiger partial charge in [0.2, 0.25) is 6.79 Å². The molecule has 0 aliphatic carbocycles. The molecule has 6 nitrogen and oxygen atoms in total. The monoisotopic (exact) mass is 329 g/mol. The molecule has 102 valence electrons. The van der Waals surface area contributed by atoms with E-state index in [0.717, 1.165) is 0 Å². The van der Waals surface area contributed by atoms with Crippen molar-refractivity contribution < 1.29 is 24.2 Å². The number of amides is 1. The number of carbonyl (C=O) groups excluding carboxylic acids is 1. The molecule has 0 aromatic heterocycles. The molecule has 1 amide bonds. The average molecular weight is 330 g/mol. The van der Waals surface area contributed by atoms with Gasteiger partial charge in [0.25, 0.3) is 5.91 Å². The molecular formula is C12H12BrNO5. The Kier molecular flexibility index (Phi) is 3.94. The number of nitrogens with one attached hydrogen (secondary N) is 1. The first-order valence-corrected chi connectivity index (χ1v) is 6.38. The van der Waals surface area contributed by atoms with Gasteiger partial charge in [0, 0.05) is 11.6 Å². The molecule has 0 radical (unpaired) electrons. The largest absolute Gasteiger partial charge is 0.481 e. The van der Waals surface area contributed by atoms with Gasteiger partial charge in [0.1, 0.15) is 0 Å². The minimum atomic E-state index is -0.959. The summed E-state index contributed by atoms with van der Waals surface area (Å²) < 4.78 is 11.1. The zero-order valence-electron chi connectivity index (χ0n) is 10.1. The summed E-state index contributed by atoms with van der Waals surface area (Å²) in [4.78, 5) is 22.5. The van der Waals surface area contributed by atoms with Crippen molar-refractivity contribution in [3.05, 3.63) is 22.2 Å². The van der Waals surface area contributed by atoms with Crippen LogP contribution in [0.1, 0.15) is 23.7 Å². The quantitative estimate of drug-likeness (QED) is 0.879. The SMILES string of the molecule is CC(CC(=O)O)NC(=O)c1cc(Br)c2c(c1)OCO2. The Bertz CT molecular complexity index is 531. The maximum Gasteiger partial charge on any atom is 0.305 e. The predicted octanol–water partition coefficient (Wildman–Crippen LogP) is 1.77. The maximum atomic E-state index is 12.0. The van der Waals surface area contributed by atoms with Crippen molar-refractivity contribution in [2.24, 2.45) is 0 Å². The zero-order chi connectivity index (χ0) is 14.0. The molecule has 0 saturated carbocycles. The van der Waals surface area contributed by atoms with E-state index in [1.165, 1.54) is 0 Å². The van der Waals surface area contributed by atoms with Gasteiger partial charge in [-0.05, 0) is 35.0 Å². The Morgan fingerprint density at radius 2 is 2.21 bits per heavy atom. The lowest BCUT2D eigenvalue weighted by Gasteiger charge is -2.12. The Hall–Kier alpha value is -1.76. The standard InChI is InChI=1S/C12H12BrNO5/c1-6(2-10(15)16)14-12(17)7-3-8(13)11-9(4-7)18-5-19-11/h3-4,6H,2,5H2,1H3,(H,14,17)(H,15,16). The number of benzene rings is 1. The van der Waals surface area contributed by atoms with Crippen molar-refractivity contribution in [2.75, 3.05) is 6.79 Å². The fraction of sp³-hybridized carbons (Fsp3) is 0.333. The number of aliphatic carboxylic acids is 1. The number of rotatable bonds is 4. The number of carboxylic acid groups (broad SMARTS) is 1. The van der Waals surface area contributed by atoms with Crippen molar-refractivity contribution in [2.45, 2.75) is 19.4 Å². The molecule has 1 unspecified atom stereocenters. The van der Waals surface area contributed by atoms with Crippen molar-refractivity contribution in [1.82, 2.24) is 5.32 Å². The molecule has 0 spiro atoms. The molecule has 1 aliphatic rings. The van der Waals surface area contributed by atoms with Crippen LogP contribution in [-0.4, -0.2) is 29.8 Å². The van der Waals surface area contributed by atoms with E-state index in [9.17, 15) is 9.59 Å². The number of hydrogen-bond acceptors (Lipinski definition) is 4. The summed E-state index contributed by atoms with van der Waals surface area (Å²) in [5, 5.41) is 11.3. The lowest BCUT2D eigenvalue weighted by molar-refractivity contribution is -0.137. The van der Waals surface area contributed by atoms with Crippen LogP contribution >= 0.6 is 15.9 Å². The van der Waals surface area contributed by atoms with Crippen LogP contribution in [-0.2, 0) is 4.79 Å². The highest BCUT2D eigenvalue weighted by Crippen LogP contribution is 2.39. The molecular weight excluding hydrogens is 318 g/mol. The van der Waals surface area contributed by atoms with E-state index in [4.69, 9.17) is 14.6 Å². The molecule has 19 heavy (non-hydrogen) atoms. The van der Waals surface area contributed by atoms with Crippen LogP contribution in [0.25, 0.3) is 0 Å². The summed E-state index contributed by atoms with van der Waals surface area (Å²) in [6.07, 6.45) is -0.128. The summed E-state index contributed by atoms with van der Waals surface area (Å²) in [5.41, 5.74) is 0.383. The van der Waals surface area contributed by atoms with Crippen molar-refractivity contribution in [3.8, 4) is 11.5 Å². The first-order valence-electron chi connectivity index (χ1n) is 5.59. The number of ether oxygens (including phenoxy) is 2.